The number of nitrogens with zero attached hydrogens (tertiary/aromatic N) is 4. The molecule has 0 radical (unpaired) electrons. The summed E-state index contributed by atoms with van der Waals surface area (Å²) < 4.78 is 8.42. The normalized spacial score (nSPS) is 12.0. The first-order valence-corrected chi connectivity index (χ1v) is 7.47. The molecular formula is C12H10Cl2N6S. The number of hydrogen-bond acceptors (Lipinski definition) is 6. The van der Waals surface area contributed by atoms with Gasteiger partial charge in [0.15, 0.2) is 0 Å². The number of rotatable bonds is 3. The van der Waals surface area contributed by atoms with Gasteiger partial charge in [-0.1, -0.05) is 23.2 Å². The second-order valence-electron chi connectivity index (χ2n) is 4.25. The van der Waals surface area contributed by atoms with Crippen molar-refractivity contribution in [1.82, 2.24) is 9.97 Å². The van der Waals surface area contributed by atoms with Crippen molar-refractivity contribution in [3.63, 3.8) is 0 Å². The van der Waals surface area contributed by atoms with Crippen LogP contribution in [-0.4, -0.2) is 17.0 Å². The fourth-order valence-corrected chi connectivity index (χ4v) is 3.10. The van der Waals surface area contributed by atoms with Gasteiger partial charge in [-0.2, -0.15) is 8.73 Å². The molecule has 6 nitrogen and oxygen atoms in total. The van der Waals surface area contributed by atoms with Gasteiger partial charge in [-0.05, 0) is 13.0 Å². The lowest BCUT2D eigenvalue weighted by Crippen LogP contribution is -2.03. The monoisotopic (exact) mass is 340 g/mol. The highest BCUT2D eigenvalue weighted by atomic mass is 35.5. The molecule has 1 aliphatic heterocycles. The number of benzene rings is 1. The molecule has 0 spiro atoms. The second kappa shape index (κ2) is 5.59. The average Bonchev–Trinajstić information content (AvgIpc) is 2.95. The molecule has 0 aliphatic carbocycles. The van der Waals surface area contributed by atoms with E-state index in [1.165, 1.54) is 6.33 Å². The summed E-state index contributed by atoms with van der Waals surface area (Å²) in [5.41, 5.74) is 2.76. The van der Waals surface area contributed by atoms with Gasteiger partial charge in [-0.15, -0.1) is 0 Å². The number of anilines is 3. The Hall–Kier alpha value is -1.70. The SMILES string of the molecule is CNc1ncnc(Nc2c(Cl)cc(Cl)c3c2N=S=N3)c1C. The van der Waals surface area contributed by atoms with Crippen molar-refractivity contribution in [2.75, 3.05) is 17.7 Å². The van der Waals surface area contributed by atoms with E-state index in [1.54, 1.807) is 13.1 Å². The van der Waals surface area contributed by atoms with Crippen LogP contribution in [0.4, 0.5) is 28.7 Å². The summed E-state index contributed by atoms with van der Waals surface area (Å²) in [6.45, 7) is 1.91. The predicted molar refractivity (Wildman–Crippen MR) is 87.6 cm³/mol. The lowest BCUT2D eigenvalue weighted by Gasteiger charge is -2.14. The van der Waals surface area contributed by atoms with E-state index < -0.39 is 0 Å². The van der Waals surface area contributed by atoms with Gasteiger partial charge in [-0.3, -0.25) is 0 Å². The molecule has 1 aromatic carbocycles. The van der Waals surface area contributed by atoms with Crippen LogP contribution in [0.5, 0.6) is 0 Å². The molecule has 21 heavy (non-hydrogen) atoms. The Kier molecular flexibility index (Phi) is 3.79. The van der Waals surface area contributed by atoms with Gasteiger partial charge in [0.05, 0.1) is 27.1 Å². The third-order valence-electron chi connectivity index (χ3n) is 3.01. The largest absolute Gasteiger partial charge is 0.373 e. The highest BCUT2D eigenvalue weighted by molar-refractivity contribution is 7.58. The zero-order valence-electron chi connectivity index (χ0n) is 11.1. The molecule has 1 aromatic heterocycles. The molecule has 2 aromatic rings. The van der Waals surface area contributed by atoms with Crippen LogP contribution < -0.4 is 10.6 Å². The van der Waals surface area contributed by atoms with Crippen molar-refractivity contribution in [3.05, 3.63) is 28.0 Å². The topological polar surface area (TPSA) is 74.6 Å². The minimum absolute atomic E-state index is 0.462. The van der Waals surface area contributed by atoms with Gasteiger partial charge in [-0.25, -0.2) is 9.97 Å². The van der Waals surface area contributed by atoms with Crippen LogP contribution in [-0.2, 0) is 11.4 Å². The molecule has 2 heterocycles. The average molecular weight is 341 g/mol. The van der Waals surface area contributed by atoms with Crippen molar-refractivity contribution in [2.45, 2.75) is 6.92 Å². The standard InChI is InChI=1S/C12H10Cl2N6S/c1-5-11(15-2)16-4-17-12(5)18-8-6(13)3-7(14)9-10(8)20-21-19-9/h3-4H,1-2H3,(H2,15,16,17,18). The van der Waals surface area contributed by atoms with Crippen molar-refractivity contribution < 1.29 is 0 Å². The van der Waals surface area contributed by atoms with Gasteiger partial charge < -0.3 is 10.6 Å². The van der Waals surface area contributed by atoms with Crippen molar-refractivity contribution in [3.8, 4) is 0 Å². The molecule has 3 rings (SSSR count). The Morgan fingerprint density at radius 3 is 2.52 bits per heavy atom. The highest BCUT2D eigenvalue weighted by Gasteiger charge is 2.20. The van der Waals surface area contributed by atoms with E-state index in [0.29, 0.717) is 32.9 Å². The molecule has 2 N–H and O–H groups in total. The van der Waals surface area contributed by atoms with Crippen LogP contribution in [0.3, 0.4) is 0 Å². The quantitative estimate of drug-likeness (QED) is 0.730. The van der Waals surface area contributed by atoms with Gasteiger partial charge in [0, 0.05) is 12.6 Å². The Bertz CT molecular complexity index is 801. The summed E-state index contributed by atoms with van der Waals surface area (Å²) in [5.74, 6) is 1.39. The molecule has 108 valence electrons. The summed E-state index contributed by atoms with van der Waals surface area (Å²) in [6, 6.07) is 1.64. The molecule has 0 atom stereocenters. The number of aromatic nitrogens is 2. The van der Waals surface area contributed by atoms with Crippen LogP contribution in [0.25, 0.3) is 0 Å². The first-order valence-electron chi connectivity index (χ1n) is 5.98. The maximum absolute atomic E-state index is 6.27. The minimum Gasteiger partial charge on any atom is -0.373 e. The van der Waals surface area contributed by atoms with Gasteiger partial charge in [0.25, 0.3) is 0 Å². The molecular weight excluding hydrogens is 331 g/mol. The van der Waals surface area contributed by atoms with Crippen molar-refractivity contribution in [1.29, 1.82) is 0 Å². The molecule has 0 unspecified atom stereocenters. The maximum Gasteiger partial charge on any atom is 0.138 e. The van der Waals surface area contributed by atoms with Crippen molar-refractivity contribution >= 4 is 63.3 Å². The third kappa shape index (κ3) is 2.48. The zero-order chi connectivity index (χ0) is 15.0. The Labute approximate surface area is 134 Å². The van der Waals surface area contributed by atoms with Gasteiger partial charge in [0.2, 0.25) is 0 Å². The summed E-state index contributed by atoms with van der Waals surface area (Å²) in [5, 5.41) is 7.14. The molecule has 0 fully saturated rings. The van der Waals surface area contributed by atoms with Crippen LogP contribution in [0, 0.1) is 6.92 Å². The fourth-order valence-electron chi connectivity index (χ4n) is 1.94. The number of nitrogens with one attached hydrogen (secondary N) is 2. The maximum atomic E-state index is 6.27. The molecule has 0 bridgehead atoms. The number of halogens is 2. The van der Waals surface area contributed by atoms with E-state index >= 15 is 0 Å². The Morgan fingerprint density at radius 1 is 1.05 bits per heavy atom. The first-order chi connectivity index (χ1) is 10.1. The number of fused-ring (bicyclic) bond motifs is 1. The van der Waals surface area contributed by atoms with Gasteiger partial charge in [0.1, 0.15) is 29.3 Å². The van der Waals surface area contributed by atoms with Crippen LogP contribution in [0.2, 0.25) is 10.0 Å². The molecule has 9 heteroatoms. The van der Waals surface area contributed by atoms with Crippen LogP contribution >= 0.6 is 23.2 Å². The summed E-state index contributed by atoms with van der Waals surface area (Å²) >= 11 is 13.5. The Morgan fingerprint density at radius 2 is 1.76 bits per heavy atom. The lowest BCUT2D eigenvalue weighted by atomic mass is 10.2. The molecule has 0 saturated carbocycles. The van der Waals surface area contributed by atoms with E-state index in [1.807, 2.05) is 6.92 Å². The number of hydrogen-bond donors (Lipinski definition) is 2. The van der Waals surface area contributed by atoms with E-state index in [-0.39, 0.29) is 0 Å². The fraction of sp³-hybridized carbons (Fsp3) is 0.167. The summed E-state index contributed by atoms with van der Waals surface area (Å²) in [4.78, 5) is 8.38. The van der Waals surface area contributed by atoms with Crippen molar-refractivity contribution in [2.24, 2.45) is 8.73 Å². The molecule has 0 amide bonds. The second-order valence-corrected chi connectivity index (χ2v) is 5.59. The Balaban J connectivity index is 2.08. The summed E-state index contributed by atoms with van der Waals surface area (Å²) in [6.07, 6.45) is 1.47. The van der Waals surface area contributed by atoms with E-state index in [4.69, 9.17) is 23.2 Å². The molecule has 1 aliphatic rings. The lowest BCUT2D eigenvalue weighted by molar-refractivity contribution is 1.12. The van der Waals surface area contributed by atoms with E-state index in [0.717, 1.165) is 22.7 Å². The predicted octanol–water partition coefficient (Wildman–Crippen LogP) is 4.60. The van der Waals surface area contributed by atoms with E-state index in [9.17, 15) is 0 Å². The minimum atomic E-state index is 0.462. The van der Waals surface area contributed by atoms with Gasteiger partial charge >= 0.3 is 0 Å². The zero-order valence-corrected chi connectivity index (χ0v) is 13.4. The highest BCUT2D eigenvalue weighted by Crippen LogP contribution is 2.48. The third-order valence-corrected chi connectivity index (χ3v) is 4.12. The van der Waals surface area contributed by atoms with Crippen LogP contribution in [0.1, 0.15) is 5.56 Å². The first kappa shape index (κ1) is 14.2. The molecule has 0 saturated heterocycles. The summed E-state index contributed by atoms with van der Waals surface area (Å²) in [7, 11) is 1.80. The smallest absolute Gasteiger partial charge is 0.138 e. The van der Waals surface area contributed by atoms with E-state index in [2.05, 4.69) is 29.3 Å². The van der Waals surface area contributed by atoms with Crippen LogP contribution in [0.15, 0.2) is 21.1 Å².